The number of rotatable bonds is 9. The molecule has 2 rings (SSSR count). The standard InChI is InChI=1S/C19H33N/c1-3-5-6-7-8-9-10-12-18-14-16-19-15-13-17(11-4-2)20(18)19/h3-4,11,17-19H,1,5-10,12-16H2,2H3. The van der Waals surface area contributed by atoms with E-state index in [2.05, 4.69) is 30.6 Å². The van der Waals surface area contributed by atoms with Crippen molar-refractivity contribution in [1.29, 1.82) is 0 Å². The van der Waals surface area contributed by atoms with Gasteiger partial charge in [0.2, 0.25) is 0 Å². The molecule has 0 aromatic rings. The lowest BCUT2D eigenvalue weighted by Gasteiger charge is -2.29. The Kier molecular flexibility index (Phi) is 6.86. The molecule has 114 valence electrons. The fraction of sp³-hybridized carbons (Fsp3) is 0.789. The molecule has 3 unspecified atom stereocenters. The molecular formula is C19H33N. The third-order valence-electron chi connectivity index (χ3n) is 5.22. The van der Waals surface area contributed by atoms with Gasteiger partial charge < -0.3 is 0 Å². The van der Waals surface area contributed by atoms with Crippen LogP contribution in [-0.4, -0.2) is 23.0 Å². The predicted octanol–water partition coefficient (Wildman–Crippen LogP) is 5.47. The van der Waals surface area contributed by atoms with Crippen molar-refractivity contribution < 1.29 is 0 Å². The van der Waals surface area contributed by atoms with Crippen LogP contribution in [0.3, 0.4) is 0 Å². The third kappa shape index (κ3) is 4.22. The first-order valence-electron chi connectivity index (χ1n) is 8.88. The summed E-state index contributed by atoms with van der Waals surface area (Å²) in [6.45, 7) is 5.96. The van der Waals surface area contributed by atoms with Crippen molar-refractivity contribution in [1.82, 2.24) is 4.90 Å². The summed E-state index contributed by atoms with van der Waals surface area (Å²) in [7, 11) is 0. The maximum atomic E-state index is 3.79. The Morgan fingerprint density at radius 2 is 1.75 bits per heavy atom. The van der Waals surface area contributed by atoms with E-state index < -0.39 is 0 Å². The van der Waals surface area contributed by atoms with Crippen molar-refractivity contribution in [2.75, 3.05) is 0 Å². The van der Waals surface area contributed by atoms with E-state index in [0.29, 0.717) is 0 Å². The Morgan fingerprint density at radius 3 is 2.55 bits per heavy atom. The molecule has 2 saturated heterocycles. The summed E-state index contributed by atoms with van der Waals surface area (Å²) in [6, 6.07) is 2.55. The number of allylic oxidation sites excluding steroid dienone is 2. The van der Waals surface area contributed by atoms with Crippen molar-refractivity contribution in [2.24, 2.45) is 0 Å². The minimum Gasteiger partial charge on any atom is -0.291 e. The first-order chi connectivity index (χ1) is 9.86. The average molecular weight is 275 g/mol. The minimum atomic E-state index is 0.755. The van der Waals surface area contributed by atoms with Gasteiger partial charge in [0.25, 0.3) is 0 Å². The van der Waals surface area contributed by atoms with Gasteiger partial charge in [0.15, 0.2) is 0 Å². The highest BCUT2D eigenvalue weighted by Gasteiger charge is 2.40. The quantitative estimate of drug-likeness (QED) is 0.398. The van der Waals surface area contributed by atoms with Crippen LogP contribution in [0.4, 0.5) is 0 Å². The molecule has 3 atom stereocenters. The van der Waals surface area contributed by atoms with Crippen molar-refractivity contribution in [3.63, 3.8) is 0 Å². The summed E-state index contributed by atoms with van der Waals surface area (Å²) in [5.41, 5.74) is 0. The molecule has 1 nitrogen and oxygen atoms in total. The molecule has 2 heterocycles. The minimum absolute atomic E-state index is 0.755. The molecule has 0 bridgehead atoms. The first-order valence-corrected chi connectivity index (χ1v) is 8.88. The number of fused-ring (bicyclic) bond motifs is 1. The molecule has 20 heavy (non-hydrogen) atoms. The third-order valence-corrected chi connectivity index (χ3v) is 5.22. The van der Waals surface area contributed by atoms with Gasteiger partial charge in [0, 0.05) is 18.1 Å². The molecular weight excluding hydrogens is 242 g/mol. The van der Waals surface area contributed by atoms with Gasteiger partial charge in [-0.05, 0) is 51.9 Å². The van der Waals surface area contributed by atoms with Gasteiger partial charge in [-0.3, -0.25) is 4.90 Å². The monoisotopic (exact) mass is 275 g/mol. The van der Waals surface area contributed by atoms with E-state index in [1.807, 2.05) is 6.08 Å². The van der Waals surface area contributed by atoms with E-state index in [9.17, 15) is 0 Å². The highest BCUT2D eigenvalue weighted by Crippen LogP contribution is 2.39. The Balaban J connectivity index is 1.64. The lowest BCUT2D eigenvalue weighted by Crippen LogP contribution is -2.37. The molecule has 0 saturated carbocycles. The van der Waals surface area contributed by atoms with Crippen molar-refractivity contribution in [2.45, 2.75) is 95.7 Å². The van der Waals surface area contributed by atoms with Gasteiger partial charge in [-0.2, -0.15) is 0 Å². The second-order valence-electron chi connectivity index (χ2n) is 6.64. The molecule has 0 amide bonds. The Bertz CT molecular complexity index is 307. The number of unbranched alkanes of at least 4 members (excludes halogenated alkanes) is 5. The second-order valence-corrected chi connectivity index (χ2v) is 6.64. The summed E-state index contributed by atoms with van der Waals surface area (Å²) >= 11 is 0. The van der Waals surface area contributed by atoms with Crippen LogP contribution < -0.4 is 0 Å². The van der Waals surface area contributed by atoms with Crippen molar-refractivity contribution in [3.8, 4) is 0 Å². The zero-order chi connectivity index (χ0) is 14.2. The summed E-state index contributed by atoms with van der Waals surface area (Å²) in [5.74, 6) is 0. The van der Waals surface area contributed by atoms with E-state index >= 15 is 0 Å². The van der Waals surface area contributed by atoms with E-state index in [1.165, 1.54) is 70.6 Å². The van der Waals surface area contributed by atoms with Gasteiger partial charge in [-0.15, -0.1) is 6.58 Å². The van der Waals surface area contributed by atoms with Crippen LogP contribution in [-0.2, 0) is 0 Å². The lowest BCUT2D eigenvalue weighted by molar-refractivity contribution is 0.195. The van der Waals surface area contributed by atoms with Gasteiger partial charge in [-0.1, -0.05) is 43.9 Å². The second kappa shape index (κ2) is 8.67. The van der Waals surface area contributed by atoms with Crippen LogP contribution in [0.25, 0.3) is 0 Å². The topological polar surface area (TPSA) is 3.24 Å². The van der Waals surface area contributed by atoms with Crippen LogP contribution in [0.2, 0.25) is 0 Å². The summed E-state index contributed by atoms with van der Waals surface area (Å²) in [4.78, 5) is 2.86. The zero-order valence-electron chi connectivity index (χ0n) is 13.4. The van der Waals surface area contributed by atoms with Crippen molar-refractivity contribution in [3.05, 3.63) is 24.8 Å². The fourth-order valence-corrected chi connectivity index (χ4v) is 4.24. The number of hydrogen-bond acceptors (Lipinski definition) is 1. The maximum absolute atomic E-state index is 3.79. The largest absolute Gasteiger partial charge is 0.291 e. The molecule has 0 N–H and O–H groups in total. The lowest BCUT2D eigenvalue weighted by atomic mass is 10.0. The predicted molar refractivity (Wildman–Crippen MR) is 89.0 cm³/mol. The van der Waals surface area contributed by atoms with E-state index in [1.54, 1.807) is 0 Å². The van der Waals surface area contributed by atoms with Crippen LogP contribution in [0.15, 0.2) is 24.8 Å². The molecule has 2 fully saturated rings. The van der Waals surface area contributed by atoms with Gasteiger partial charge in [0.1, 0.15) is 0 Å². The van der Waals surface area contributed by atoms with Crippen molar-refractivity contribution >= 4 is 0 Å². The number of hydrogen-bond donors (Lipinski definition) is 0. The highest BCUT2D eigenvalue weighted by molar-refractivity contribution is 5.05. The Morgan fingerprint density at radius 1 is 1.00 bits per heavy atom. The van der Waals surface area contributed by atoms with Crippen LogP contribution in [0.5, 0.6) is 0 Å². The fourth-order valence-electron chi connectivity index (χ4n) is 4.24. The first kappa shape index (κ1) is 15.8. The highest BCUT2D eigenvalue weighted by atomic mass is 15.3. The summed E-state index contributed by atoms with van der Waals surface area (Å²) < 4.78 is 0. The smallest absolute Gasteiger partial charge is 0.0284 e. The van der Waals surface area contributed by atoms with Gasteiger partial charge in [0.05, 0.1) is 0 Å². The molecule has 0 radical (unpaired) electrons. The maximum Gasteiger partial charge on any atom is 0.0284 e. The van der Waals surface area contributed by atoms with Gasteiger partial charge >= 0.3 is 0 Å². The van der Waals surface area contributed by atoms with Crippen LogP contribution in [0, 0.1) is 0 Å². The molecule has 0 aliphatic carbocycles. The Labute approximate surface area is 126 Å². The van der Waals surface area contributed by atoms with Crippen LogP contribution >= 0.6 is 0 Å². The molecule has 1 heteroatoms. The molecule has 2 aliphatic rings. The molecule has 0 aromatic heterocycles. The van der Waals surface area contributed by atoms with E-state index in [4.69, 9.17) is 0 Å². The Hall–Kier alpha value is -0.560. The molecule has 0 spiro atoms. The normalized spacial score (nSPS) is 30.1. The summed E-state index contributed by atoms with van der Waals surface area (Å²) in [6.07, 6.45) is 22.1. The molecule has 0 aromatic carbocycles. The molecule has 2 aliphatic heterocycles. The average Bonchev–Trinajstić information content (AvgIpc) is 3.02. The zero-order valence-corrected chi connectivity index (χ0v) is 13.4. The van der Waals surface area contributed by atoms with E-state index in [-0.39, 0.29) is 0 Å². The summed E-state index contributed by atoms with van der Waals surface area (Å²) in [5, 5.41) is 0. The van der Waals surface area contributed by atoms with Gasteiger partial charge in [-0.25, -0.2) is 0 Å². The number of nitrogens with zero attached hydrogens (tertiary/aromatic N) is 1. The SMILES string of the molecule is C=CCCCCCCCC1CCC2CCC(C=CC)N12. The van der Waals surface area contributed by atoms with Crippen LogP contribution in [0.1, 0.15) is 77.6 Å². The van der Waals surface area contributed by atoms with E-state index in [0.717, 1.165) is 18.1 Å².